The van der Waals surface area contributed by atoms with Crippen LogP contribution in [0, 0.1) is 0 Å². The molecule has 0 spiro atoms. The molecule has 2 rings (SSSR count). The Morgan fingerprint density at radius 2 is 2.15 bits per heavy atom. The number of carbonyl (C=O) groups is 1. The SMILES string of the molecule is CCc1cc(N2C=C(Cl)C(C)N2)cc(Cl)c1CC(=O)O. The van der Waals surface area contributed by atoms with Gasteiger partial charge in [0.1, 0.15) is 0 Å². The van der Waals surface area contributed by atoms with Crippen molar-refractivity contribution in [2.24, 2.45) is 0 Å². The topological polar surface area (TPSA) is 52.6 Å². The second-order valence-electron chi connectivity index (χ2n) is 4.72. The average Bonchev–Trinajstić information content (AvgIpc) is 2.71. The fourth-order valence-electron chi connectivity index (χ4n) is 2.17. The van der Waals surface area contributed by atoms with Gasteiger partial charge in [0.15, 0.2) is 0 Å². The first-order valence-corrected chi connectivity index (χ1v) is 7.13. The summed E-state index contributed by atoms with van der Waals surface area (Å²) >= 11 is 12.3. The Kier molecular flexibility index (Phi) is 4.58. The zero-order chi connectivity index (χ0) is 14.9. The Hall–Kier alpha value is -1.23. The molecule has 1 unspecified atom stereocenters. The number of hydrogen-bond acceptors (Lipinski definition) is 3. The number of rotatable bonds is 4. The number of aliphatic carboxylic acids is 1. The smallest absolute Gasteiger partial charge is 0.307 e. The van der Waals surface area contributed by atoms with Crippen LogP contribution in [-0.2, 0) is 17.6 Å². The van der Waals surface area contributed by atoms with E-state index in [0.29, 0.717) is 15.6 Å². The lowest BCUT2D eigenvalue weighted by atomic mass is 10.0. The van der Waals surface area contributed by atoms with Gasteiger partial charge >= 0.3 is 5.97 Å². The number of hydrazine groups is 1. The minimum Gasteiger partial charge on any atom is -0.481 e. The van der Waals surface area contributed by atoms with Crippen LogP contribution in [0.25, 0.3) is 0 Å². The molecule has 1 atom stereocenters. The second kappa shape index (κ2) is 6.04. The van der Waals surface area contributed by atoms with Gasteiger partial charge in [0, 0.05) is 11.2 Å². The van der Waals surface area contributed by atoms with E-state index < -0.39 is 5.97 Å². The number of hydrogen-bond donors (Lipinski definition) is 2. The van der Waals surface area contributed by atoms with E-state index in [1.165, 1.54) is 0 Å². The average molecular weight is 315 g/mol. The molecule has 1 aliphatic rings. The maximum atomic E-state index is 10.9. The summed E-state index contributed by atoms with van der Waals surface area (Å²) in [5.41, 5.74) is 5.65. The molecule has 1 aromatic rings. The summed E-state index contributed by atoms with van der Waals surface area (Å²) in [7, 11) is 0. The summed E-state index contributed by atoms with van der Waals surface area (Å²) in [6.07, 6.45) is 2.45. The van der Waals surface area contributed by atoms with Gasteiger partial charge in [0.05, 0.1) is 23.2 Å². The lowest BCUT2D eigenvalue weighted by molar-refractivity contribution is -0.136. The van der Waals surface area contributed by atoms with Crippen LogP contribution < -0.4 is 10.4 Å². The van der Waals surface area contributed by atoms with E-state index in [0.717, 1.165) is 17.7 Å². The molecule has 1 aliphatic heterocycles. The fourth-order valence-corrected chi connectivity index (χ4v) is 2.62. The van der Waals surface area contributed by atoms with E-state index in [-0.39, 0.29) is 12.5 Å². The first-order valence-electron chi connectivity index (χ1n) is 6.38. The van der Waals surface area contributed by atoms with Crippen LogP contribution in [0.5, 0.6) is 0 Å². The largest absolute Gasteiger partial charge is 0.481 e. The van der Waals surface area contributed by atoms with Gasteiger partial charge in [-0.1, -0.05) is 30.1 Å². The third-order valence-electron chi connectivity index (χ3n) is 3.26. The number of aryl methyl sites for hydroxylation is 1. The monoisotopic (exact) mass is 314 g/mol. The molecule has 2 N–H and O–H groups in total. The van der Waals surface area contributed by atoms with Gasteiger partial charge < -0.3 is 5.11 Å². The highest BCUT2D eigenvalue weighted by atomic mass is 35.5. The van der Waals surface area contributed by atoms with Crippen LogP contribution in [0.2, 0.25) is 5.02 Å². The van der Waals surface area contributed by atoms with Crippen molar-refractivity contribution in [2.45, 2.75) is 32.7 Å². The molecule has 0 amide bonds. The van der Waals surface area contributed by atoms with E-state index in [9.17, 15) is 4.79 Å². The highest BCUT2D eigenvalue weighted by molar-refractivity contribution is 6.32. The Morgan fingerprint density at radius 1 is 1.45 bits per heavy atom. The molecule has 1 aromatic carbocycles. The third-order valence-corrected chi connectivity index (χ3v) is 4.02. The molecule has 0 bridgehead atoms. The molecule has 108 valence electrons. The minimum atomic E-state index is -0.884. The van der Waals surface area contributed by atoms with Gasteiger partial charge in [-0.3, -0.25) is 9.80 Å². The number of carboxylic acids is 1. The third kappa shape index (κ3) is 3.08. The van der Waals surface area contributed by atoms with Crippen LogP contribution >= 0.6 is 23.2 Å². The first kappa shape index (κ1) is 15.2. The van der Waals surface area contributed by atoms with Crippen molar-refractivity contribution in [3.63, 3.8) is 0 Å². The summed E-state index contributed by atoms with van der Waals surface area (Å²) in [5, 5.41) is 11.9. The second-order valence-corrected chi connectivity index (χ2v) is 5.57. The van der Waals surface area contributed by atoms with Gasteiger partial charge in [-0.25, -0.2) is 5.43 Å². The number of nitrogens with one attached hydrogen (secondary N) is 1. The van der Waals surface area contributed by atoms with E-state index in [1.54, 1.807) is 12.3 Å². The molecule has 0 radical (unpaired) electrons. The Bertz CT molecular complexity index is 573. The van der Waals surface area contributed by atoms with Crippen molar-refractivity contribution < 1.29 is 9.90 Å². The maximum Gasteiger partial charge on any atom is 0.307 e. The van der Waals surface area contributed by atoms with Crippen LogP contribution in [0.3, 0.4) is 0 Å². The molecule has 0 aromatic heterocycles. The van der Waals surface area contributed by atoms with E-state index >= 15 is 0 Å². The summed E-state index contributed by atoms with van der Waals surface area (Å²) in [5.74, 6) is -0.884. The summed E-state index contributed by atoms with van der Waals surface area (Å²) in [6.45, 7) is 3.93. The highest BCUT2D eigenvalue weighted by Crippen LogP contribution is 2.30. The fraction of sp³-hybridized carbons (Fsp3) is 0.357. The minimum absolute atomic E-state index is 0.0548. The predicted molar refractivity (Wildman–Crippen MR) is 81.2 cm³/mol. The number of halogens is 2. The Labute approximate surface area is 127 Å². The van der Waals surface area contributed by atoms with E-state index in [2.05, 4.69) is 5.43 Å². The van der Waals surface area contributed by atoms with Crippen molar-refractivity contribution >= 4 is 34.9 Å². The number of benzene rings is 1. The first-order chi connectivity index (χ1) is 9.42. The maximum absolute atomic E-state index is 10.9. The zero-order valence-corrected chi connectivity index (χ0v) is 12.8. The molecule has 4 nitrogen and oxygen atoms in total. The standard InChI is InChI=1S/C14H16Cl2N2O2/c1-3-9-4-10(18-7-13(16)8(2)17-18)5-12(15)11(9)6-14(19)20/h4-5,7-8,17H,3,6H2,1-2H3,(H,19,20). The molecule has 20 heavy (non-hydrogen) atoms. The highest BCUT2D eigenvalue weighted by Gasteiger charge is 2.21. The molecular formula is C14H16Cl2N2O2. The van der Waals surface area contributed by atoms with Gasteiger partial charge in [-0.15, -0.1) is 0 Å². The van der Waals surface area contributed by atoms with Crippen LogP contribution in [0.1, 0.15) is 25.0 Å². The summed E-state index contributed by atoms with van der Waals surface area (Å²) in [6, 6.07) is 3.75. The zero-order valence-electron chi connectivity index (χ0n) is 11.3. The van der Waals surface area contributed by atoms with Crippen molar-refractivity contribution in [1.82, 2.24) is 5.43 Å². The number of nitrogens with zero attached hydrogens (tertiary/aromatic N) is 1. The Morgan fingerprint density at radius 3 is 2.65 bits per heavy atom. The summed E-state index contributed by atoms with van der Waals surface area (Å²) in [4.78, 5) is 10.9. The van der Waals surface area contributed by atoms with E-state index in [1.807, 2.05) is 24.9 Å². The molecular weight excluding hydrogens is 299 g/mol. The van der Waals surface area contributed by atoms with Crippen molar-refractivity contribution in [1.29, 1.82) is 0 Å². The normalized spacial score (nSPS) is 18.3. The quantitative estimate of drug-likeness (QED) is 0.895. The summed E-state index contributed by atoms with van der Waals surface area (Å²) < 4.78 is 0. The van der Waals surface area contributed by atoms with Gasteiger partial charge in [-0.2, -0.15) is 0 Å². The lowest BCUT2D eigenvalue weighted by Crippen LogP contribution is -2.34. The van der Waals surface area contributed by atoms with Gasteiger partial charge in [0.2, 0.25) is 0 Å². The number of anilines is 1. The van der Waals surface area contributed by atoms with E-state index in [4.69, 9.17) is 28.3 Å². The van der Waals surface area contributed by atoms with Crippen molar-refractivity contribution in [2.75, 3.05) is 5.01 Å². The lowest BCUT2D eigenvalue weighted by Gasteiger charge is -2.20. The van der Waals surface area contributed by atoms with Crippen molar-refractivity contribution in [3.8, 4) is 0 Å². The number of carboxylic acid groups (broad SMARTS) is 1. The molecule has 0 fully saturated rings. The molecule has 0 saturated carbocycles. The van der Waals surface area contributed by atoms with Gasteiger partial charge in [0.25, 0.3) is 0 Å². The van der Waals surface area contributed by atoms with Crippen LogP contribution in [0.4, 0.5) is 5.69 Å². The molecule has 6 heteroatoms. The van der Waals surface area contributed by atoms with Gasteiger partial charge in [-0.05, 0) is 36.6 Å². The van der Waals surface area contributed by atoms with Crippen molar-refractivity contribution in [3.05, 3.63) is 39.5 Å². The van der Waals surface area contributed by atoms with Crippen LogP contribution in [-0.4, -0.2) is 17.1 Å². The molecule has 1 heterocycles. The molecule has 0 saturated heterocycles. The predicted octanol–water partition coefficient (Wildman–Crippen LogP) is 3.32. The van der Waals surface area contributed by atoms with Crippen LogP contribution in [0.15, 0.2) is 23.4 Å². The molecule has 0 aliphatic carbocycles. The Balaban J connectivity index is 2.38.